The molecule has 3 aliphatic rings. The number of rotatable bonds is 2. The van der Waals surface area contributed by atoms with Crippen molar-refractivity contribution in [1.29, 1.82) is 0 Å². The van der Waals surface area contributed by atoms with E-state index < -0.39 is 5.85 Å². The second-order valence-electron chi connectivity index (χ2n) is 10.2. The summed E-state index contributed by atoms with van der Waals surface area (Å²) in [5, 5.41) is 9.96. The van der Waals surface area contributed by atoms with Crippen LogP contribution in [0.4, 0.5) is 4.79 Å². The molecule has 6 rings (SSSR count). The van der Waals surface area contributed by atoms with Crippen LogP contribution in [0.2, 0.25) is 0 Å². The average molecular weight is 482 g/mol. The SMILES string of the molecule is CC(C)(C)c1ccc(/C=C2\SC(=O)N[C@]23Oc2ccccc2[C@@H]2CC(c4ccccc4)=NN23)cc1. The largest absolute Gasteiger partial charge is 0.444 e. The zero-order chi connectivity index (χ0) is 24.2. The second kappa shape index (κ2) is 8.02. The number of benzene rings is 3. The minimum absolute atomic E-state index is 0.0409. The molecule has 176 valence electrons. The lowest BCUT2D eigenvalue weighted by Crippen LogP contribution is -2.61. The van der Waals surface area contributed by atoms with Crippen LogP contribution in [0.3, 0.4) is 0 Å². The number of nitrogens with one attached hydrogen (secondary N) is 1. The highest BCUT2D eigenvalue weighted by atomic mass is 32.2. The maximum absolute atomic E-state index is 12.8. The van der Waals surface area contributed by atoms with Gasteiger partial charge in [-0.15, -0.1) is 0 Å². The van der Waals surface area contributed by atoms with E-state index in [1.165, 1.54) is 17.3 Å². The first-order valence-electron chi connectivity index (χ1n) is 11.9. The molecule has 1 N–H and O–H groups in total. The molecule has 1 fully saturated rings. The van der Waals surface area contributed by atoms with Crippen LogP contribution in [-0.2, 0) is 5.41 Å². The van der Waals surface area contributed by atoms with E-state index in [1.54, 1.807) is 0 Å². The van der Waals surface area contributed by atoms with E-state index in [1.807, 2.05) is 47.5 Å². The molecule has 3 aromatic rings. The van der Waals surface area contributed by atoms with Gasteiger partial charge in [-0.2, -0.15) is 5.10 Å². The first-order valence-corrected chi connectivity index (χ1v) is 12.7. The van der Waals surface area contributed by atoms with Crippen molar-refractivity contribution in [3.05, 3.63) is 106 Å². The number of carbonyl (C=O) groups excluding carboxylic acids is 1. The normalized spacial score (nSPS) is 24.1. The van der Waals surface area contributed by atoms with Crippen molar-refractivity contribution in [3.8, 4) is 5.75 Å². The van der Waals surface area contributed by atoms with Gasteiger partial charge in [0.1, 0.15) is 5.75 Å². The Balaban J connectivity index is 1.46. The van der Waals surface area contributed by atoms with Gasteiger partial charge in [-0.05, 0) is 46.0 Å². The quantitative estimate of drug-likeness (QED) is 0.444. The van der Waals surface area contributed by atoms with Crippen molar-refractivity contribution >= 4 is 28.8 Å². The number of hydrogen-bond donors (Lipinski definition) is 1. The molecule has 6 heteroatoms. The van der Waals surface area contributed by atoms with Crippen LogP contribution in [0.1, 0.15) is 55.5 Å². The smallest absolute Gasteiger partial charge is 0.314 e. The van der Waals surface area contributed by atoms with E-state index in [0.717, 1.165) is 39.5 Å². The molecular weight excluding hydrogens is 454 g/mol. The Kier molecular flexibility index (Phi) is 5.04. The van der Waals surface area contributed by atoms with Gasteiger partial charge in [0, 0.05) is 12.0 Å². The van der Waals surface area contributed by atoms with Gasteiger partial charge < -0.3 is 4.74 Å². The van der Waals surface area contributed by atoms with E-state index in [2.05, 4.69) is 68.6 Å². The molecule has 0 radical (unpaired) electrons. The van der Waals surface area contributed by atoms with Gasteiger partial charge in [-0.25, -0.2) is 5.01 Å². The highest BCUT2D eigenvalue weighted by Crippen LogP contribution is 2.52. The van der Waals surface area contributed by atoms with Crippen molar-refractivity contribution < 1.29 is 9.53 Å². The fraction of sp³-hybridized carbons (Fsp3) is 0.241. The molecule has 5 nitrogen and oxygen atoms in total. The predicted octanol–water partition coefficient (Wildman–Crippen LogP) is 6.68. The number of nitrogens with zero attached hydrogens (tertiary/aromatic N) is 2. The fourth-order valence-corrected chi connectivity index (χ4v) is 5.81. The highest BCUT2D eigenvalue weighted by Gasteiger charge is 2.58. The van der Waals surface area contributed by atoms with Crippen molar-refractivity contribution in [2.24, 2.45) is 5.10 Å². The van der Waals surface area contributed by atoms with E-state index in [9.17, 15) is 4.79 Å². The number of amides is 1. The average Bonchev–Trinajstić information content (AvgIpc) is 3.42. The van der Waals surface area contributed by atoms with Crippen LogP contribution in [-0.4, -0.2) is 21.8 Å². The number of hydrazone groups is 1. The zero-order valence-electron chi connectivity index (χ0n) is 20.0. The summed E-state index contributed by atoms with van der Waals surface area (Å²) < 4.78 is 6.61. The molecule has 0 aliphatic carbocycles. The standard InChI is InChI=1S/C29H27N3O2S/c1-28(2,3)21-15-13-19(14-16-21)17-26-29(30-27(33)35-26)32-24(22-11-7-8-12-25(22)34-29)18-23(31-32)20-9-5-4-6-10-20/h4-17,24H,18H2,1-3H3,(H,30,33)/b26-17-/t24-,29+/m0/s1. The van der Waals surface area contributed by atoms with Gasteiger partial charge in [0.05, 0.1) is 16.7 Å². The van der Waals surface area contributed by atoms with Gasteiger partial charge in [-0.3, -0.25) is 10.1 Å². The zero-order valence-corrected chi connectivity index (χ0v) is 20.8. The van der Waals surface area contributed by atoms with E-state index in [0.29, 0.717) is 0 Å². The van der Waals surface area contributed by atoms with Crippen LogP contribution < -0.4 is 10.1 Å². The minimum Gasteiger partial charge on any atom is -0.444 e. The molecule has 35 heavy (non-hydrogen) atoms. The third kappa shape index (κ3) is 3.73. The van der Waals surface area contributed by atoms with Gasteiger partial charge in [0.25, 0.3) is 5.24 Å². The Morgan fingerprint density at radius 3 is 2.49 bits per heavy atom. The Bertz CT molecular complexity index is 1360. The number of thioether (sulfide) groups is 1. The summed E-state index contributed by atoms with van der Waals surface area (Å²) in [7, 11) is 0. The summed E-state index contributed by atoms with van der Waals surface area (Å²) in [6.45, 7) is 6.61. The summed E-state index contributed by atoms with van der Waals surface area (Å²) in [6.07, 6.45) is 2.77. The van der Waals surface area contributed by atoms with Crippen molar-refractivity contribution in [2.45, 2.75) is 44.5 Å². The number of fused-ring (bicyclic) bond motifs is 4. The molecule has 3 aromatic carbocycles. The number of hydrogen-bond acceptors (Lipinski definition) is 5. The summed E-state index contributed by atoms with van der Waals surface area (Å²) in [5.74, 6) is -0.407. The summed E-state index contributed by atoms with van der Waals surface area (Å²) in [6, 6.07) is 26.7. The van der Waals surface area contributed by atoms with Crippen molar-refractivity contribution in [2.75, 3.05) is 0 Å². The number of ether oxygens (including phenoxy) is 1. The molecule has 0 unspecified atom stereocenters. The van der Waals surface area contributed by atoms with Crippen LogP contribution >= 0.6 is 11.8 Å². The van der Waals surface area contributed by atoms with Crippen molar-refractivity contribution in [1.82, 2.24) is 10.3 Å². The lowest BCUT2D eigenvalue weighted by atomic mass is 9.87. The lowest BCUT2D eigenvalue weighted by molar-refractivity contribution is -0.0949. The minimum atomic E-state index is -1.18. The molecule has 1 amide bonds. The molecule has 1 saturated heterocycles. The van der Waals surface area contributed by atoms with Gasteiger partial charge in [0.15, 0.2) is 0 Å². The van der Waals surface area contributed by atoms with Crippen LogP contribution in [0.5, 0.6) is 5.75 Å². The summed E-state index contributed by atoms with van der Waals surface area (Å²) in [4.78, 5) is 13.6. The summed E-state index contributed by atoms with van der Waals surface area (Å²) in [5.41, 5.74) is 5.50. The third-order valence-electron chi connectivity index (χ3n) is 6.76. The molecule has 1 spiro atoms. The van der Waals surface area contributed by atoms with Gasteiger partial charge in [0.2, 0.25) is 0 Å². The van der Waals surface area contributed by atoms with Crippen molar-refractivity contribution in [3.63, 3.8) is 0 Å². The molecule has 0 aromatic heterocycles. The topological polar surface area (TPSA) is 53.9 Å². The highest BCUT2D eigenvalue weighted by molar-refractivity contribution is 8.17. The summed E-state index contributed by atoms with van der Waals surface area (Å²) >= 11 is 1.17. The molecular formula is C29H27N3O2S. The first kappa shape index (κ1) is 22.0. The third-order valence-corrected chi connectivity index (χ3v) is 7.66. The molecule has 0 bridgehead atoms. The Labute approximate surface area is 209 Å². The van der Waals surface area contributed by atoms with E-state index in [-0.39, 0.29) is 16.7 Å². The maximum Gasteiger partial charge on any atom is 0.314 e. The predicted molar refractivity (Wildman–Crippen MR) is 141 cm³/mol. The maximum atomic E-state index is 12.8. The molecule has 0 saturated carbocycles. The second-order valence-corrected chi connectivity index (χ2v) is 11.2. The Morgan fingerprint density at radius 1 is 1.03 bits per heavy atom. The van der Waals surface area contributed by atoms with Crippen LogP contribution in [0.15, 0.2) is 88.9 Å². The first-order chi connectivity index (χ1) is 16.8. The van der Waals surface area contributed by atoms with Crippen LogP contribution in [0.25, 0.3) is 6.08 Å². The van der Waals surface area contributed by atoms with Crippen LogP contribution in [0, 0.1) is 0 Å². The Morgan fingerprint density at radius 2 is 1.74 bits per heavy atom. The Hall–Kier alpha value is -3.51. The molecule has 2 atom stereocenters. The van der Waals surface area contributed by atoms with Gasteiger partial charge >= 0.3 is 5.85 Å². The fourth-order valence-electron chi connectivity index (χ4n) is 4.90. The lowest BCUT2D eigenvalue weighted by Gasteiger charge is -2.45. The van der Waals surface area contributed by atoms with Gasteiger partial charge in [-0.1, -0.05) is 93.6 Å². The number of carbonyl (C=O) groups is 1. The monoisotopic (exact) mass is 481 g/mol. The van der Waals surface area contributed by atoms with E-state index >= 15 is 0 Å². The molecule has 3 aliphatic heterocycles. The number of para-hydroxylation sites is 1. The van der Waals surface area contributed by atoms with E-state index in [4.69, 9.17) is 9.84 Å². The molecule has 3 heterocycles.